The molecule has 0 bridgehead atoms. The average molecular weight is 272 g/mol. The van der Waals surface area contributed by atoms with E-state index in [0.717, 1.165) is 3.70 Å². The topological polar surface area (TPSA) is 53.8 Å². The Labute approximate surface area is 83.6 Å². The largest absolute Gasteiger partial charge is 0.291 e. The zero-order chi connectivity index (χ0) is 8.97. The van der Waals surface area contributed by atoms with Crippen molar-refractivity contribution in [3.8, 4) is 6.07 Å². The molecule has 0 aliphatic heterocycles. The van der Waals surface area contributed by atoms with E-state index in [0.29, 0.717) is 5.69 Å². The van der Waals surface area contributed by atoms with E-state index in [2.05, 4.69) is 4.98 Å². The molecule has 0 aromatic carbocycles. The number of hydrogen-bond donors (Lipinski definition) is 0. The summed E-state index contributed by atoms with van der Waals surface area (Å²) in [5.74, 6) is -0.226. The summed E-state index contributed by atoms with van der Waals surface area (Å²) in [6.45, 7) is 0. The Morgan fingerprint density at radius 3 is 3.00 bits per heavy atom. The molecule has 0 spiro atoms. The fourth-order valence-corrected chi connectivity index (χ4v) is 1.19. The summed E-state index contributed by atoms with van der Waals surface area (Å²) in [5.41, 5.74) is 0.364. The van der Waals surface area contributed by atoms with Gasteiger partial charge in [0.2, 0.25) is 0 Å². The minimum absolute atomic E-state index is 0.104. The van der Waals surface area contributed by atoms with Crippen LogP contribution in [0.2, 0.25) is 0 Å². The highest BCUT2D eigenvalue weighted by Gasteiger charge is 2.05. The zero-order valence-corrected chi connectivity index (χ0v) is 8.28. The standard InChI is InChI=1S/C8H5IN2O/c9-8-3-1-2-6(11-8)7(12)4-5-10/h1-3H,4H2. The van der Waals surface area contributed by atoms with Gasteiger partial charge in [0.25, 0.3) is 0 Å². The van der Waals surface area contributed by atoms with Gasteiger partial charge in [-0.1, -0.05) is 6.07 Å². The molecule has 0 unspecified atom stereocenters. The minimum atomic E-state index is -0.226. The molecule has 12 heavy (non-hydrogen) atoms. The molecule has 0 fully saturated rings. The Morgan fingerprint density at radius 2 is 2.42 bits per heavy atom. The molecule has 0 amide bonds. The first-order valence-corrected chi connectivity index (χ1v) is 4.34. The van der Waals surface area contributed by atoms with Crippen molar-refractivity contribution in [3.63, 3.8) is 0 Å². The molecule has 3 nitrogen and oxygen atoms in total. The van der Waals surface area contributed by atoms with E-state index < -0.39 is 0 Å². The molecule has 1 rings (SSSR count). The van der Waals surface area contributed by atoms with Gasteiger partial charge in [-0.15, -0.1) is 0 Å². The Kier molecular flexibility index (Phi) is 3.17. The third-order valence-corrected chi connectivity index (χ3v) is 1.84. The summed E-state index contributed by atoms with van der Waals surface area (Å²) >= 11 is 2.02. The van der Waals surface area contributed by atoms with E-state index in [1.165, 1.54) is 0 Å². The van der Waals surface area contributed by atoms with Crippen molar-refractivity contribution in [1.82, 2.24) is 4.98 Å². The second-order valence-corrected chi connectivity index (χ2v) is 3.21. The molecule has 60 valence electrons. The average Bonchev–Trinajstić information content (AvgIpc) is 2.05. The number of hydrogen-bond acceptors (Lipinski definition) is 3. The van der Waals surface area contributed by atoms with E-state index in [4.69, 9.17) is 5.26 Å². The molecule has 0 saturated carbocycles. The highest BCUT2D eigenvalue weighted by Crippen LogP contribution is 2.04. The van der Waals surface area contributed by atoms with E-state index in [-0.39, 0.29) is 12.2 Å². The first kappa shape index (κ1) is 9.13. The lowest BCUT2D eigenvalue weighted by molar-refractivity contribution is 0.0993. The van der Waals surface area contributed by atoms with Crippen molar-refractivity contribution < 1.29 is 4.79 Å². The van der Waals surface area contributed by atoms with Gasteiger partial charge in [0, 0.05) is 0 Å². The third kappa shape index (κ3) is 2.27. The van der Waals surface area contributed by atoms with Crippen LogP contribution in [0.25, 0.3) is 0 Å². The van der Waals surface area contributed by atoms with Crippen LogP contribution in [0.4, 0.5) is 0 Å². The van der Waals surface area contributed by atoms with Gasteiger partial charge in [0.15, 0.2) is 5.78 Å². The van der Waals surface area contributed by atoms with Crippen LogP contribution in [0.1, 0.15) is 16.9 Å². The van der Waals surface area contributed by atoms with E-state index in [1.807, 2.05) is 22.6 Å². The molecule has 0 saturated heterocycles. The lowest BCUT2D eigenvalue weighted by atomic mass is 10.2. The predicted molar refractivity (Wildman–Crippen MR) is 51.5 cm³/mol. The number of pyridine rings is 1. The van der Waals surface area contributed by atoms with Crippen LogP contribution < -0.4 is 0 Å². The van der Waals surface area contributed by atoms with E-state index in [9.17, 15) is 4.79 Å². The van der Waals surface area contributed by atoms with Gasteiger partial charge in [-0.25, -0.2) is 4.98 Å². The summed E-state index contributed by atoms with van der Waals surface area (Å²) in [7, 11) is 0. The highest BCUT2D eigenvalue weighted by molar-refractivity contribution is 14.1. The number of carbonyl (C=O) groups excluding carboxylic acids is 1. The maximum Gasteiger partial charge on any atom is 0.195 e. The fraction of sp³-hybridized carbons (Fsp3) is 0.125. The summed E-state index contributed by atoms with van der Waals surface area (Å²) < 4.78 is 0.761. The summed E-state index contributed by atoms with van der Waals surface area (Å²) in [6.07, 6.45) is -0.104. The normalized spacial score (nSPS) is 9.00. The molecule has 0 aliphatic rings. The van der Waals surface area contributed by atoms with Crippen LogP contribution in [0.15, 0.2) is 18.2 Å². The van der Waals surface area contributed by atoms with Crippen molar-refractivity contribution in [2.75, 3.05) is 0 Å². The van der Waals surface area contributed by atoms with Gasteiger partial charge in [0.1, 0.15) is 15.8 Å². The van der Waals surface area contributed by atoms with Crippen molar-refractivity contribution in [2.45, 2.75) is 6.42 Å². The van der Waals surface area contributed by atoms with Crippen LogP contribution in [0.5, 0.6) is 0 Å². The number of halogens is 1. The van der Waals surface area contributed by atoms with Crippen molar-refractivity contribution in [3.05, 3.63) is 27.6 Å². The third-order valence-electron chi connectivity index (χ3n) is 1.24. The fourth-order valence-electron chi connectivity index (χ4n) is 0.726. The molecule has 0 atom stereocenters. The van der Waals surface area contributed by atoms with Gasteiger partial charge in [-0.3, -0.25) is 4.79 Å². The predicted octanol–water partition coefficient (Wildman–Crippen LogP) is 1.78. The summed E-state index contributed by atoms with van der Waals surface area (Å²) in [6, 6.07) is 6.95. The maximum atomic E-state index is 11.1. The molecular weight excluding hydrogens is 267 g/mol. The van der Waals surface area contributed by atoms with Gasteiger partial charge >= 0.3 is 0 Å². The number of rotatable bonds is 2. The number of nitriles is 1. The smallest absolute Gasteiger partial charge is 0.195 e. The second-order valence-electron chi connectivity index (χ2n) is 2.10. The SMILES string of the molecule is N#CCC(=O)c1cccc(I)n1. The number of ketones is 1. The first-order valence-electron chi connectivity index (χ1n) is 3.27. The lowest BCUT2D eigenvalue weighted by Gasteiger charge is -1.94. The van der Waals surface area contributed by atoms with Crippen LogP contribution in [0, 0.1) is 15.0 Å². The zero-order valence-electron chi connectivity index (χ0n) is 6.12. The van der Waals surface area contributed by atoms with Gasteiger partial charge in [-0.2, -0.15) is 5.26 Å². The molecule has 4 heteroatoms. The number of nitrogens with zero attached hydrogens (tertiary/aromatic N) is 2. The Bertz CT molecular complexity index is 343. The van der Waals surface area contributed by atoms with Gasteiger partial charge in [-0.05, 0) is 34.7 Å². The monoisotopic (exact) mass is 272 g/mol. The van der Waals surface area contributed by atoms with Crippen LogP contribution in [-0.2, 0) is 0 Å². The number of aromatic nitrogens is 1. The Hall–Kier alpha value is -0.960. The highest BCUT2D eigenvalue weighted by atomic mass is 127. The molecule has 1 heterocycles. The summed E-state index contributed by atoms with van der Waals surface area (Å²) in [4.78, 5) is 15.1. The summed E-state index contributed by atoms with van der Waals surface area (Å²) in [5, 5.41) is 8.27. The lowest BCUT2D eigenvalue weighted by Crippen LogP contribution is -2.01. The molecule has 0 aliphatic carbocycles. The van der Waals surface area contributed by atoms with E-state index >= 15 is 0 Å². The van der Waals surface area contributed by atoms with Crippen molar-refractivity contribution in [2.24, 2.45) is 0 Å². The maximum absolute atomic E-state index is 11.1. The molecular formula is C8H5IN2O. The molecule has 0 N–H and O–H groups in total. The minimum Gasteiger partial charge on any atom is -0.291 e. The molecule has 0 radical (unpaired) electrons. The van der Waals surface area contributed by atoms with Crippen LogP contribution in [-0.4, -0.2) is 10.8 Å². The van der Waals surface area contributed by atoms with Crippen LogP contribution in [0.3, 0.4) is 0 Å². The van der Waals surface area contributed by atoms with Crippen molar-refractivity contribution >= 4 is 28.4 Å². The Morgan fingerprint density at radius 1 is 1.67 bits per heavy atom. The van der Waals surface area contributed by atoms with E-state index in [1.54, 1.807) is 24.3 Å². The quantitative estimate of drug-likeness (QED) is 0.468. The van der Waals surface area contributed by atoms with Crippen LogP contribution >= 0.6 is 22.6 Å². The first-order chi connectivity index (χ1) is 5.74. The second kappa shape index (κ2) is 4.16. The Balaban J connectivity index is 2.90. The number of carbonyl (C=O) groups is 1. The van der Waals surface area contributed by atoms with Crippen molar-refractivity contribution in [1.29, 1.82) is 5.26 Å². The number of Topliss-reactive ketones (excluding diaryl/α,β-unsaturated/α-hetero) is 1. The molecule has 1 aromatic rings. The van der Waals surface area contributed by atoms with Gasteiger partial charge in [0.05, 0.1) is 6.07 Å². The van der Waals surface area contributed by atoms with Gasteiger partial charge < -0.3 is 0 Å². The molecule has 1 aromatic heterocycles.